The Bertz CT molecular complexity index is 402. The number of ether oxygens (including phenoxy) is 1. The smallest absolute Gasteiger partial charge is 0.119 e. The third-order valence-corrected chi connectivity index (χ3v) is 4.73. The first kappa shape index (κ1) is 22.0. The van der Waals surface area contributed by atoms with Gasteiger partial charge < -0.3 is 10.1 Å². The van der Waals surface area contributed by atoms with Crippen LogP contribution in [0.25, 0.3) is 0 Å². The lowest BCUT2D eigenvalue weighted by Gasteiger charge is -2.26. The van der Waals surface area contributed by atoms with E-state index in [1.807, 2.05) is 30.3 Å². The van der Waals surface area contributed by atoms with Gasteiger partial charge in [0.25, 0.3) is 0 Å². The topological polar surface area (TPSA) is 21.3 Å². The van der Waals surface area contributed by atoms with Crippen molar-refractivity contribution >= 4 is 0 Å². The number of benzene rings is 1. The summed E-state index contributed by atoms with van der Waals surface area (Å²) in [6.07, 6.45) is 15.4. The molecule has 0 aliphatic carbocycles. The van der Waals surface area contributed by atoms with Gasteiger partial charge in [-0.3, -0.25) is 0 Å². The molecular formula is C23H41NO. The van der Waals surface area contributed by atoms with Gasteiger partial charge in [-0.2, -0.15) is 0 Å². The molecule has 1 aromatic rings. The molecule has 0 aliphatic heterocycles. The molecule has 0 unspecified atom stereocenters. The molecule has 0 bridgehead atoms. The quantitative estimate of drug-likeness (QED) is 0.334. The van der Waals surface area contributed by atoms with Crippen LogP contribution in [0.4, 0.5) is 0 Å². The summed E-state index contributed by atoms with van der Waals surface area (Å²) in [5, 5.41) is 3.63. The zero-order chi connectivity index (χ0) is 18.2. The van der Waals surface area contributed by atoms with Crippen molar-refractivity contribution in [1.82, 2.24) is 5.32 Å². The van der Waals surface area contributed by atoms with Crippen molar-refractivity contribution in [3.05, 3.63) is 30.3 Å². The average molecular weight is 348 g/mol. The van der Waals surface area contributed by atoms with Crippen LogP contribution in [0, 0.1) is 0 Å². The summed E-state index contributed by atoms with van der Waals surface area (Å²) in [6.45, 7) is 8.51. The van der Waals surface area contributed by atoms with E-state index in [1.54, 1.807) is 0 Å². The molecule has 0 aromatic heterocycles. The molecular weight excluding hydrogens is 306 g/mol. The van der Waals surface area contributed by atoms with Crippen molar-refractivity contribution in [3.8, 4) is 5.75 Å². The number of hydrogen-bond acceptors (Lipinski definition) is 2. The maximum Gasteiger partial charge on any atom is 0.119 e. The first-order valence-corrected chi connectivity index (χ1v) is 10.6. The van der Waals surface area contributed by atoms with Gasteiger partial charge in [-0.1, -0.05) is 89.3 Å². The molecule has 0 aliphatic rings. The summed E-state index contributed by atoms with van der Waals surface area (Å²) in [4.78, 5) is 0. The maximum atomic E-state index is 5.87. The normalized spacial score (nSPS) is 11.6. The largest absolute Gasteiger partial charge is 0.492 e. The number of nitrogens with one attached hydrogen (secondary N) is 1. The van der Waals surface area contributed by atoms with Gasteiger partial charge in [-0.05, 0) is 38.9 Å². The van der Waals surface area contributed by atoms with E-state index in [0.29, 0.717) is 6.61 Å². The summed E-state index contributed by atoms with van der Waals surface area (Å²) in [5.41, 5.74) is 0.0222. The Kier molecular flexibility index (Phi) is 12.5. The highest BCUT2D eigenvalue weighted by atomic mass is 16.5. The van der Waals surface area contributed by atoms with Gasteiger partial charge in [0.15, 0.2) is 0 Å². The van der Waals surface area contributed by atoms with Crippen molar-refractivity contribution in [2.24, 2.45) is 0 Å². The first-order valence-electron chi connectivity index (χ1n) is 10.6. The predicted octanol–water partition coefficient (Wildman–Crippen LogP) is 6.74. The molecule has 2 nitrogen and oxygen atoms in total. The molecule has 0 radical (unpaired) electrons. The molecule has 0 fully saturated rings. The van der Waals surface area contributed by atoms with Crippen LogP contribution in [0.5, 0.6) is 5.75 Å². The minimum Gasteiger partial charge on any atom is -0.492 e. The van der Waals surface area contributed by atoms with Gasteiger partial charge in [-0.15, -0.1) is 0 Å². The Hall–Kier alpha value is -1.02. The summed E-state index contributed by atoms with van der Waals surface area (Å²) >= 11 is 0. The fourth-order valence-corrected chi connectivity index (χ4v) is 3.05. The number of hydrogen-bond donors (Lipinski definition) is 1. The second-order valence-corrected chi connectivity index (χ2v) is 7.95. The van der Waals surface area contributed by atoms with Gasteiger partial charge in [-0.25, -0.2) is 0 Å². The molecule has 0 saturated carbocycles. The highest BCUT2D eigenvalue weighted by Gasteiger charge is 2.17. The summed E-state index contributed by atoms with van der Waals surface area (Å²) in [5.74, 6) is 0.951. The van der Waals surface area contributed by atoms with Crippen LogP contribution in [0.2, 0.25) is 0 Å². The lowest BCUT2D eigenvalue weighted by atomic mass is 10.0. The van der Waals surface area contributed by atoms with Crippen LogP contribution in [-0.4, -0.2) is 18.7 Å². The second-order valence-electron chi connectivity index (χ2n) is 7.95. The second kappa shape index (κ2) is 14.2. The first-order chi connectivity index (χ1) is 12.1. The van der Waals surface area contributed by atoms with Crippen molar-refractivity contribution in [2.75, 3.05) is 13.2 Å². The Morgan fingerprint density at radius 3 is 1.84 bits per heavy atom. The van der Waals surface area contributed by atoms with Crippen molar-refractivity contribution < 1.29 is 4.74 Å². The summed E-state index contributed by atoms with van der Waals surface area (Å²) in [7, 11) is 0. The summed E-state index contributed by atoms with van der Waals surface area (Å²) in [6, 6.07) is 10.1. The minimum absolute atomic E-state index is 0.0222. The highest BCUT2D eigenvalue weighted by Crippen LogP contribution is 2.13. The molecule has 0 spiro atoms. The molecule has 1 rings (SSSR count). The van der Waals surface area contributed by atoms with Gasteiger partial charge in [0, 0.05) is 5.54 Å². The highest BCUT2D eigenvalue weighted by molar-refractivity contribution is 5.21. The molecule has 0 atom stereocenters. The Balaban J connectivity index is 1.91. The lowest BCUT2D eigenvalue weighted by Crippen LogP contribution is -2.45. The molecule has 0 amide bonds. The third kappa shape index (κ3) is 12.9. The van der Waals surface area contributed by atoms with Crippen molar-refractivity contribution in [1.29, 1.82) is 0 Å². The number of para-hydroxylation sites is 1. The van der Waals surface area contributed by atoms with Gasteiger partial charge in [0.1, 0.15) is 12.4 Å². The fraction of sp³-hybridized carbons (Fsp3) is 0.739. The molecule has 0 heterocycles. The maximum absolute atomic E-state index is 5.87. The van der Waals surface area contributed by atoms with E-state index in [2.05, 4.69) is 26.1 Å². The standard InChI is InChI=1S/C23H41NO/c1-4-5-6-7-8-9-10-11-12-13-17-20-24-23(2,3)21-25-22-18-15-14-16-19-22/h14-16,18-19,24H,4-13,17,20-21H2,1-3H3. The zero-order valence-corrected chi connectivity index (χ0v) is 17.0. The van der Waals surface area contributed by atoms with Crippen molar-refractivity contribution in [3.63, 3.8) is 0 Å². The van der Waals surface area contributed by atoms with Gasteiger partial charge in [0.05, 0.1) is 0 Å². The van der Waals surface area contributed by atoms with Gasteiger partial charge in [0.2, 0.25) is 0 Å². The van der Waals surface area contributed by atoms with Crippen LogP contribution in [-0.2, 0) is 0 Å². The molecule has 1 aromatic carbocycles. The number of unbranched alkanes of at least 4 members (excludes halogenated alkanes) is 10. The van der Waals surface area contributed by atoms with E-state index < -0.39 is 0 Å². The number of rotatable bonds is 16. The third-order valence-electron chi connectivity index (χ3n) is 4.73. The molecule has 25 heavy (non-hydrogen) atoms. The van der Waals surface area contributed by atoms with Gasteiger partial charge >= 0.3 is 0 Å². The van der Waals surface area contributed by atoms with E-state index in [-0.39, 0.29) is 5.54 Å². The van der Waals surface area contributed by atoms with E-state index in [9.17, 15) is 0 Å². The Morgan fingerprint density at radius 2 is 1.28 bits per heavy atom. The van der Waals surface area contributed by atoms with Crippen molar-refractivity contribution in [2.45, 2.75) is 96.9 Å². The molecule has 1 N–H and O–H groups in total. The van der Waals surface area contributed by atoms with E-state index >= 15 is 0 Å². The van der Waals surface area contributed by atoms with Crippen LogP contribution >= 0.6 is 0 Å². The monoisotopic (exact) mass is 347 g/mol. The van der Waals surface area contributed by atoms with E-state index in [1.165, 1.54) is 70.6 Å². The van der Waals surface area contributed by atoms with Crippen LogP contribution in [0.1, 0.15) is 91.4 Å². The zero-order valence-electron chi connectivity index (χ0n) is 17.0. The van der Waals surface area contributed by atoms with Crippen LogP contribution in [0.3, 0.4) is 0 Å². The summed E-state index contributed by atoms with van der Waals surface area (Å²) < 4.78 is 5.87. The molecule has 0 saturated heterocycles. The SMILES string of the molecule is CCCCCCCCCCCCCNC(C)(C)COc1ccccc1. The van der Waals surface area contributed by atoms with Crippen LogP contribution < -0.4 is 10.1 Å². The van der Waals surface area contributed by atoms with E-state index in [4.69, 9.17) is 4.74 Å². The molecule has 144 valence electrons. The molecule has 2 heteroatoms. The van der Waals surface area contributed by atoms with E-state index in [0.717, 1.165) is 12.3 Å². The predicted molar refractivity (Wildman–Crippen MR) is 110 cm³/mol. The lowest BCUT2D eigenvalue weighted by molar-refractivity contribution is 0.208. The average Bonchev–Trinajstić information content (AvgIpc) is 2.62. The minimum atomic E-state index is 0.0222. The fourth-order valence-electron chi connectivity index (χ4n) is 3.05. The Labute approximate surface area is 156 Å². The van der Waals surface area contributed by atoms with Crippen LogP contribution in [0.15, 0.2) is 30.3 Å². The Morgan fingerprint density at radius 1 is 0.760 bits per heavy atom.